The second-order valence-corrected chi connectivity index (χ2v) is 8.80. The van der Waals surface area contributed by atoms with E-state index in [0.717, 1.165) is 31.5 Å². The van der Waals surface area contributed by atoms with Crippen LogP contribution in [0.15, 0.2) is 102 Å². The molecule has 0 radical (unpaired) electrons. The van der Waals surface area contributed by atoms with Crippen LogP contribution in [0.25, 0.3) is 0 Å². The number of hydrogen-bond acceptors (Lipinski definition) is 6. The van der Waals surface area contributed by atoms with Gasteiger partial charge < -0.3 is 14.4 Å². The Balaban J connectivity index is 1.65. The Morgan fingerprint density at radius 1 is 1.11 bits per heavy atom. The van der Waals surface area contributed by atoms with Gasteiger partial charge in [-0.3, -0.25) is 0 Å². The molecule has 0 bridgehead atoms. The number of nitrogens with zero attached hydrogens (tertiary/aromatic N) is 2. The zero-order valence-corrected chi connectivity index (χ0v) is 20.7. The van der Waals surface area contributed by atoms with Gasteiger partial charge in [-0.15, -0.1) is 0 Å². The van der Waals surface area contributed by atoms with E-state index in [2.05, 4.69) is 66.1 Å². The van der Waals surface area contributed by atoms with Gasteiger partial charge in [0.25, 0.3) is 0 Å². The maximum absolute atomic E-state index is 12.3. The fourth-order valence-electron chi connectivity index (χ4n) is 3.96. The summed E-state index contributed by atoms with van der Waals surface area (Å²) in [4.78, 5) is 26.1. The first kappa shape index (κ1) is 26.5. The molecule has 0 amide bonds. The van der Waals surface area contributed by atoms with Gasteiger partial charge in [0.15, 0.2) is 0 Å². The third-order valence-corrected chi connectivity index (χ3v) is 5.87. The zero-order valence-electron chi connectivity index (χ0n) is 20.7. The van der Waals surface area contributed by atoms with Gasteiger partial charge in [-0.1, -0.05) is 67.3 Å². The quantitative estimate of drug-likeness (QED) is 0.183. The number of ether oxygens (including phenoxy) is 2. The molecule has 0 spiro atoms. The lowest BCUT2D eigenvalue weighted by Gasteiger charge is -2.32. The Hall–Kier alpha value is -4.11. The van der Waals surface area contributed by atoms with Gasteiger partial charge in [-0.05, 0) is 55.4 Å². The molecule has 36 heavy (non-hydrogen) atoms. The van der Waals surface area contributed by atoms with E-state index in [0.29, 0.717) is 12.3 Å². The summed E-state index contributed by atoms with van der Waals surface area (Å²) in [5, 5.41) is 9.45. The first-order chi connectivity index (χ1) is 17.5. The highest BCUT2D eigenvalue weighted by Gasteiger charge is 2.19. The minimum absolute atomic E-state index is 0.0791. The second kappa shape index (κ2) is 13.7. The Morgan fingerprint density at radius 3 is 2.47 bits per heavy atom. The topological polar surface area (TPSA) is 79.6 Å². The number of esters is 2. The zero-order chi connectivity index (χ0) is 25.8. The van der Waals surface area contributed by atoms with E-state index in [1.54, 1.807) is 6.08 Å². The van der Waals surface area contributed by atoms with Gasteiger partial charge >= 0.3 is 11.9 Å². The van der Waals surface area contributed by atoms with Crippen LogP contribution in [0.2, 0.25) is 0 Å². The van der Waals surface area contributed by atoms with E-state index in [1.165, 1.54) is 18.2 Å². The van der Waals surface area contributed by atoms with E-state index in [4.69, 9.17) is 9.47 Å². The summed E-state index contributed by atoms with van der Waals surface area (Å²) in [6, 6.07) is 12.3. The number of hydrogen-bond donors (Lipinski definition) is 0. The molecule has 186 valence electrons. The van der Waals surface area contributed by atoms with Gasteiger partial charge in [-0.25, -0.2) is 9.59 Å². The fourth-order valence-corrected chi connectivity index (χ4v) is 3.96. The molecule has 1 atom stereocenters. The molecule has 0 saturated heterocycles. The lowest BCUT2D eigenvalue weighted by atomic mass is 9.96. The van der Waals surface area contributed by atoms with Crippen LogP contribution in [0.3, 0.4) is 0 Å². The molecule has 0 N–H and O–H groups in total. The van der Waals surface area contributed by atoms with Crippen molar-refractivity contribution in [2.24, 2.45) is 5.92 Å². The third kappa shape index (κ3) is 8.28. The Morgan fingerprint density at radius 2 is 1.86 bits per heavy atom. The van der Waals surface area contributed by atoms with Crippen LogP contribution in [-0.2, 0) is 25.6 Å². The van der Waals surface area contributed by atoms with Crippen LogP contribution in [0.1, 0.15) is 31.7 Å². The molecular weight excluding hydrogens is 452 g/mol. The molecule has 1 aromatic rings. The number of benzene rings is 1. The maximum atomic E-state index is 12.3. The number of allylic oxidation sites excluding steroid dienone is 8. The van der Waals surface area contributed by atoms with Gasteiger partial charge in [-0.2, -0.15) is 5.26 Å². The summed E-state index contributed by atoms with van der Waals surface area (Å²) in [5.41, 5.74) is 3.57. The molecule has 0 heterocycles. The van der Waals surface area contributed by atoms with Gasteiger partial charge in [0.05, 0.1) is 0 Å². The van der Waals surface area contributed by atoms with Crippen molar-refractivity contribution in [2.45, 2.75) is 32.7 Å². The molecule has 0 aliphatic heterocycles. The third-order valence-electron chi connectivity index (χ3n) is 5.87. The molecule has 6 nitrogen and oxygen atoms in total. The van der Waals surface area contributed by atoms with Crippen LogP contribution in [0.4, 0.5) is 0 Å². The number of rotatable bonds is 11. The summed E-state index contributed by atoms with van der Waals surface area (Å²) >= 11 is 0. The minimum Gasteiger partial charge on any atom is -0.459 e. The van der Waals surface area contributed by atoms with Crippen molar-refractivity contribution in [1.29, 1.82) is 5.26 Å². The van der Waals surface area contributed by atoms with Gasteiger partial charge in [0.2, 0.25) is 0 Å². The van der Waals surface area contributed by atoms with Crippen LogP contribution < -0.4 is 0 Å². The molecule has 1 unspecified atom stereocenters. The second-order valence-electron chi connectivity index (χ2n) is 8.80. The number of carbonyl (C=O) groups excluding carboxylic acids is 2. The molecule has 0 aromatic heterocycles. The average molecular weight is 485 g/mol. The Labute approximate surface area is 213 Å². The molecule has 0 fully saturated rings. The molecule has 0 saturated carbocycles. The fraction of sp³-hybridized carbons (Fsp3) is 0.300. The van der Waals surface area contributed by atoms with Gasteiger partial charge in [0, 0.05) is 24.4 Å². The molecule has 3 rings (SSSR count). The summed E-state index contributed by atoms with van der Waals surface area (Å²) in [5.74, 6) is -0.823. The molecule has 6 heteroatoms. The van der Waals surface area contributed by atoms with E-state index in [9.17, 15) is 14.9 Å². The van der Waals surface area contributed by atoms with Crippen molar-refractivity contribution >= 4 is 11.9 Å². The highest BCUT2D eigenvalue weighted by Crippen LogP contribution is 2.27. The van der Waals surface area contributed by atoms with Crippen molar-refractivity contribution in [3.63, 3.8) is 0 Å². The SMILES string of the molecule is C=C(C)C(=O)OCCOC(=O)/C(C#N)=C/C1=CC=C(N(Cc2ccccc2)CC2C=CC=CC2)CC1. The Bertz CT molecular complexity index is 1150. The van der Waals surface area contributed by atoms with Crippen LogP contribution in [-0.4, -0.2) is 36.6 Å². The normalized spacial score (nSPS) is 16.9. The summed E-state index contributed by atoms with van der Waals surface area (Å²) in [6.45, 7) is 6.56. The van der Waals surface area contributed by atoms with Crippen molar-refractivity contribution in [3.05, 3.63) is 107 Å². The maximum Gasteiger partial charge on any atom is 0.349 e. The summed E-state index contributed by atoms with van der Waals surface area (Å²) < 4.78 is 9.98. The van der Waals surface area contributed by atoms with Crippen molar-refractivity contribution in [2.75, 3.05) is 19.8 Å². The van der Waals surface area contributed by atoms with E-state index in [-0.39, 0.29) is 24.4 Å². The van der Waals surface area contributed by atoms with E-state index >= 15 is 0 Å². The first-order valence-electron chi connectivity index (χ1n) is 12.1. The van der Waals surface area contributed by atoms with Crippen molar-refractivity contribution in [3.8, 4) is 6.07 Å². The van der Waals surface area contributed by atoms with Crippen LogP contribution >= 0.6 is 0 Å². The first-order valence-corrected chi connectivity index (χ1v) is 12.1. The van der Waals surface area contributed by atoms with E-state index < -0.39 is 11.9 Å². The monoisotopic (exact) mass is 484 g/mol. The van der Waals surface area contributed by atoms with Crippen LogP contribution in [0.5, 0.6) is 0 Å². The molecule has 1 aromatic carbocycles. The van der Waals surface area contributed by atoms with Crippen LogP contribution in [0, 0.1) is 17.2 Å². The largest absolute Gasteiger partial charge is 0.459 e. The van der Waals surface area contributed by atoms with Crippen molar-refractivity contribution < 1.29 is 19.1 Å². The molecular formula is C30H32N2O4. The lowest BCUT2D eigenvalue weighted by molar-refractivity contribution is -0.147. The summed E-state index contributed by atoms with van der Waals surface area (Å²) in [6.07, 6.45) is 16.8. The molecule has 2 aliphatic rings. The smallest absolute Gasteiger partial charge is 0.349 e. The highest BCUT2D eigenvalue weighted by atomic mass is 16.6. The highest BCUT2D eigenvalue weighted by molar-refractivity contribution is 5.93. The minimum atomic E-state index is -0.734. The van der Waals surface area contributed by atoms with Gasteiger partial charge in [0.1, 0.15) is 24.9 Å². The van der Waals surface area contributed by atoms with E-state index in [1.807, 2.05) is 18.2 Å². The summed E-state index contributed by atoms with van der Waals surface area (Å²) in [7, 11) is 0. The lowest BCUT2D eigenvalue weighted by Crippen LogP contribution is -2.29. The van der Waals surface area contributed by atoms with Crippen molar-refractivity contribution in [1.82, 2.24) is 4.90 Å². The number of nitriles is 1. The Kier molecular flexibility index (Phi) is 10.1. The predicted octanol–water partition coefficient (Wildman–Crippen LogP) is 5.34. The molecule has 2 aliphatic carbocycles. The predicted molar refractivity (Wildman–Crippen MR) is 139 cm³/mol. The standard InChI is InChI=1S/C30H32N2O4/c1-23(2)29(33)35-17-18-36-30(34)27(20-31)19-24-13-15-28(16-14-24)32(21-25-9-5-3-6-10-25)22-26-11-7-4-8-12-26/h3-11,13,15,19,26H,1,12,14,16-18,21-22H2,2H3/b27-19+. The number of carbonyl (C=O) groups is 2. The average Bonchev–Trinajstić information content (AvgIpc) is 2.90.